The summed E-state index contributed by atoms with van der Waals surface area (Å²) in [6.45, 7) is 10.2. The van der Waals surface area contributed by atoms with Crippen LogP contribution >= 0.6 is 0 Å². The van der Waals surface area contributed by atoms with Gasteiger partial charge in [0.2, 0.25) is 0 Å². The molecule has 4 rings (SSSR count). The first kappa shape index (κ1) is 36.3. The maximum absolute atomic E-state index is 15.1. The molecule has 2 saturated carbocycles. The van der Waals surface area contributed by atoms with E-state index in [1.165, 1.54) is 9.13 Å². The average Bonchev–Trinajstić information content (AvgIpc) is 3.43. The molecule has 0 aromatic heterocycles. The number of rotatable bonds is 11. The molecular formula is C31H36F8IO4S-. The van der Waals surface area contributed by atoms with Crippen molar-refractivity contribution in [2.45, 2.75) is 94.5 Å². The van der Waals surface area contributed by atoms with Crippen molar-refractivity contribution in [2.75, 3.05) is 0 Å². The third-order valence-corrected chi connectivity index (χ3v) is 12.7. The number of ether oxygens (including phenoxy) is 1. The predicted molar refractivity (Wildman–Crippen MR) is 147 cm³/mol. The second-order valence-electron chi connectivity index (χ2n) is 13.7. The van der Waals surface area contributed by atoms with Crippen molar-refractivity contribution in [3.8, 4) is 0 Å². The summed E-state index contributed by atoms with van der Waals surface area (Å²) in [5, 5.41) is -6.59. The number of halogens is 9. The van der Waals surface area contributed by atoms with Crippen LogP contribution in [-0.2, 0) is 25.7 Å². The van der Waals surface area contributed by atoms with Gasteiger partial charge in [0.05, 0.1) is 0 Å². The monoisotopic (exact) mass is 783 g/mol. The molecule has 0 aliphatic heterocycles. The SMILES string of the molecule is CC(C)(C)c1ccc([I-]c2ccc(C(C)(C)CC3C4CCC3C(C(F)(F)C(F)(F)OC(F)(F)C(F)(F)S(=O)(=O)O)C4)cc2)cc1. The Bertz CT molecular complexity index is 1470. The summed E-state index contributed by atoms with van der Waals surface area (Å²) < 4.78 is 148. The fourth-order valence-electron chi connectivity index (χ4n) is 6.68. The van der Waals surface area contributed by atoms with Gasteiger partial charge in [-0.2, -0.15) is 26.0 Å². The predicted octanol–water partition coefficient (Wildman–Crippen LogP) is 5.76. The van der Waals surface area contributed by atoms with Crippen LogP contribution in [0.4, 0.5) is 35.1 Å². The Hall–Kier alpha value is -1.52. The van der Waals surface area contributed by atoms with Crippen molar-refractivity contribution in [3.05, 3.63) is 66.8 Å². The van der Waals surface area contributed by atoms with E-state index in [1.54, 1.807) is 0 Å². The molecule has 2 bridgehead atoms. The first-order valence-electron chi connectivity index (χ1n) is 14.3. The first-order valence-corrected chi connectivity index (χ1v) is 17.9. The van der Waals surface area contributed by atoms with Gasteiger partial charge in [0, 0.05) is 0 Å². The van der Waals surface area contributed by atoms with Gasteiger partial charge in [-0.25, -0.2) is 0 Å². The van der Waals surface area contributed by atoms with Crippen LogP contribution in [0.2, 0.25) is 0 Å². The molecule has 0 radical (unpaired) electrons. The quantitative estimate of drug-likeness (QED) is 0.179. The number of fused-ring (bicyclic) bond motifs is 2. The van der Waals surface area contributed by atoms with Crippen molar-refractivity contribution in [2.24, 2.45) is 23.7 Å². The van der Waals surface area contributed by atoms with Crippen LogP contribution in [0.25, 0.3) is 0 Å². The minimum atomic E-state index is -6.97. The van der Waals surface area contributed by atoms with E-state index in [0.717, 1.165) is 9.13 Å². The molecule has 0 amide bonds. The summed E-state index contributed by atoms with van der Waals surface area (Å²) >= 11 is -0.458. The summed E-state index contributed by atoms with van der Waals surface area (Å²) in [6, 6.07) is 16.5. The third kappa shape index (κ3) is 7.03. The van der Waals surface area contributed by atoms with Crippen LogP contribution in [0.5, 0.6) is 0 Å². The van der Waals surface area contributed by atoms with E-state index in [-0.39, 0.29) is 11.8 Å². The van der Waals surface area contributed by atoms with Crippen LogP contribution in [0.3, 0.4) is 0 Å². The second kappa shape index (κ2) is 11.9. The molecule has 4 unspecified atom stereocenters. The molecule has 0 heterocycles. The number of benzene rings is 2. The van der Waals surface area contributed by atoms with Gasteiger partial charge in [-0.1, -0.05) is 0 Å². The fraction of sp³-hybridized carbons (Fsp3) is 0.613. The molecule has 45 heavy (non-hydrogen) atoms. The second-order valence-corrected chi connectivity index (χ2v) is 18.2. The molecule has 0 saturated heterocycles. The van der Waals surface area contributed by atoms with Crippen LogP contribution in [0, 0.1) is 30.8 Å². The van der Waals surface area contributed by atoms with E-state index in [2.05, 4.69) is 49.8 Å². The van der Waals surface area contributed by atoms with Gasteiger partial charge in [-0.15, -0.1) is 0 Å². The van der Waals surface area contributed by atoms with Crippen molar-refractivity contribution >= 4 is 10.1 Å². The molecule has 4 atom stereocenters. The average molecular weight is 784 g/mol. The molecule has 2 aromatic carbocycles. The normalized spacial score (nSPS) is 23.6. The van der Waals surface area contributed by atoms with E-state index in [0.29, 0.717) is 12.8 Å². The molecule has 2 aliphatic carbocycles. The zero-order valence-electron chi connectivity index (χ0n) is 25.2. The molecule has 14 heteroatoms. The zero-order valence-corrected chi connectivity index (χ0v) is 28.2. The Balaban J connectivity index is 1.46. The Morgan fingerprint density at radius 1 is 0.778 bits per heavy atom. The van der Waals surface area contributed by atoms with Gasteiger partial charge in [-0.05, 0) is 0 Å². The van der Waals surface area contributed by atoms with Crippen molar-refractivity contribution in [3.63, 3.8) is 0 Å². The molecule has 1 N–H and O–H groups in total. The third-order valence-electron chi connectivity index (χ3n) is 9.17. The van der Waals surface area contributed by atoms with E-state index in [4.69, 9.17) is 4.55 Å². The molecular weight excluding hydrogens is 747 g/mol. The first-order chi connectivity index (χ1) is 20.3. The summed E-state index contributed by atoms with van der Waals surface area (Å²) in [6.07, 6.45) is -12.4. The minimum absolute atomic E-state index is 0.0472. The van der Waals surface area contributed by atoms with E-state index in [1.807, 2.05) is 38.1 Å². The summed E-state index contributed by atoms with van der Waals surface area (Å²) in [4.78, 5) is 0. The van der Waals surface area contributed by atoms with E-state index in [9.17, 15) is 34.8 Å². The van der Waals surface area contributed by atoms with Gasteiger partial charge in [0.25, 0.3) is 0 Å². The summed E-state index contributed by atoms with van der Waals surface area (Å²) in [5.74, 6) is -9.43. The van der Waals surface area contributed by atoms with Gasteiger partial charge < -0.3 is 0 Å². The number of hydrogen-bond donors (Lipinski definition) is 1. The van der Waals surface area contributed by atoms with Crippen LogP contribution in [0.1, 0.15) is 71.4 Å². The number of hydrogen-bond acceptors (Lipinski definition) is 3. The van der Waals surface area contributed by atoms with Crippen LogP contribution in [-0.4, -0.2) is 36.4 Å². The molecule has 4 nitrogen and oxygen atoms in total. The van der Waals surface area contributed by atoms with E-state index < -0.39 is 90.2 Å². The topological polar surface area (TPSA) is 63.6 Å². The van der Waals surface area contributed by atoms with Gasteiger partial charge in [0.15, 0.2) is 0 Å². The van der Waals surface area contributed by atoms with Gasteiger partial charge in [0.1, 0.15) is 0 Å². The Morgan fingerprint density at radius 2 is 1.27 bits per heavy atom. The Labute approximate surface area is 268 Å². The molecule has 2 fully saturated rings. The van der Waals surface area contributed by atoms with Crippen molar-refractivity contribution in [1.29, 1.82) is 0 Å². The zero-order chi connectivity index (χ0) is 34.0. The fourth-order valence-corrected chi connectivity index (χ4v) is 9.18. The standard InChI is InChI=1S/C31H36F8IO4S/c1-26(2,3)19-7-11-21(12-8-19)40-22-13-9-20(10-14-22)27(4,5)17-24-18-6-15-23(24)25(16-18)28(32,33)29(34,35)44-30(36,37)31(38,39)45(41,42)43/h7-14,18,23-25H,6,15-17H2,1-5H3,(H,41,42,43)/q-1. The maximum atomic E-state index is 15.1. The summed E-state index contributed by atoms with van der Waals surface area (Å²) in [5.41, 5.74) is 1.63. The molecule has 254 valence electrons. The van der Waals surface area contributed by atoms with Crippen LogP contribution < -0.4 is 21.2 Å². The molecule has 2 aliphatic rings. The molecule has 2 aromatic rings. The number of alkyl halides is 8. The van der Waals surface area contributed by atoms with Crippen molar-refractivity contribution < 1.29 is 74.0 Å². The Kier molecular flexibility index (Phi) is 9.58. The van der Waals surface area contributed by atoms with Crippen LogP contribution in [0.15, 0.2) is 48.5 Å². The van der Waals surface area contributed by atoms with Gasteiger partial charge >= 0.3 is 239 Å². The summed E-state index contributed by atoms with van der Waals surface area (Å²) in [7, 11) is -6.97. The van der Waals surface area contributed by atoms with Gasteiger partial charge in [-0.3, -0.25) is 4.55 Å². The van der Waals surface area contributed by atoms with E-state index >= 15 is 8.78 Å². The molecule has 0 spiro atoms. The van der Waals surface area contributed by atoms with Crippen molar-refractivity contribution in [1.82, 2.24) is 0 Å². The Morgan fingerprint density at radius 3 is 1.73 bits per heavy atom.